The number of amides is 2. The second-order valence-electron chi connectivity index (χ2n) is 7.23. The first kappa shape index (κ1) is 17.9. The Hall–Kier alpha value is -1.88. The summed E-state index contributed by atoms with van der Waals surface area (Å²) >= 11 is 0. The van der Waals surface area contributed by atoms with Crippen molar-refractivity contribution in [1.82, 2.24) is 10.2 Å². The molecule has 2 amide bonds. The molecule has 1 aliphatic heterocycles. The van der Waals surface area contributed by atoms with Gasteiger partial charge in [0.2, 0.25) is 11.8 Å². The van der Waals surface area contributed by atoms with Crippen LogP contribution in [0.5, 0.6) is 0 Å². The minimum Gasteiger partial charge on any atom is -0.392 e. The van der Waals surface area contributed by atoms with Gasteiger partial charge in [-0.15, -0.1) is 0 Å². The minimum absolute atomic E-state index is 0.00315. The summed E-state index contributed by atoms with van der Waals surface area (Å²) in [5.74, 6) is -0.190. The van der Waals surface area contributed by atoms with E-state index in [0.717, 1.165) is 62.7 Å². The number of aliphatic hydroxyl groups excluding tert-OH is 1. The number of aliphatic hydroxyl groups is 1. The van der Waals surface area contributed by atoms with Gasteiger partial charge in [0, 0.05) is 31.5 Å². The number of likely N-dealkylation sites (tertiary alicyclic amines) is 1. The zero-order chi connectivity index (χ0) is 17.6. The van der Waals surface area contributed by atoms with Crippen LogP contribution in [0.4, 0.5) is 0 Å². The van der Waals surface area contributed by atoms with Gasteiger partial charge in [0.05, 0.1) is 6.61 Å². The Labute approximate surface area is 149 Å². The number of rotatable bonds is 5. The van der Waals surface area contributed by atoms with Crippen LogP contribution in [0.2, 0.25) is 0 Å². The van der Waals surface area contributed by atoms with Gasteiger partial charge >= 0.3 is 0 Å². The van der Waals surface area contributed by atoms with Crippen molar-refractivity contribution < 1.29 is 14.7 Å². The maximum Gasteiger partial charge on any atom is 0.226 e. The first-order chi connectivity index (χ1) is 12.2. The number of carbonyl (C=O) groups is 2. The molecular weight excluding hydrogens is 316 g/mol. The fourth-order valence-electron chi connectivity index (χ4n) is 4.07. The van der Waals surface area contributed by atoms with Gasteiger partial charge in [-0.3, -0.25) is 9.59 Å². The van der Waals surface area contributed by atoms with Crippen LogP contribution in [0, 0.1) is 11.8 Å². The van der Waals surface area contributed by atoms with E-state index in [4.69, 9.17) is 0 Å². The summed E-state index contributed by atoms with van der Waals surface area (Å²) in [5.41, 5.74) is 1.81. The Bertz CT molecular complexity index is 611. The van der Waals surface area contributed by atoms with Gasteiger partial charge in [0.1, 0.15) is 0 Å². The van der Waals surface area contributed by atoms with Gasteiger partial charge in [-0.1, -0.05) is 37.1 Å². The molecule has 5 heteroatoms. The monoisotopic (exact) mass is 344 g/mol. The van der Waals surface area contributed by atoms with E-state index in [2.05, 4.69) is 5.32 Å². The lowest BCUT2D eigenvalue weighted by Gasteiger charge is -2.32. The highest BCUT2D eigenvalue weighted by molar-refractivity contribution is 5.88. The average molecular weight is 344 g/mol. The van der Waals surface area contributed by atoms with Crippen molar-refractivity contribution in [2.45, 2.75) is 51.7 Å². The van der Waals surface area contributed by atoms with Gasteiger partial charge in [-0.2, -0.15) is 0 Å². The predicted octanol–water partition coefficient (Wildman–Crippen LogP) is 2.22. The normalized spacial score (nSPS) is 23.5. The highest BCUT2D eigenvalue weighted by Crippen LogP contribution is 2.32. The summed E-state index contributed by atoms with van der Waals surface area (Å²) in [7, 11) is 0. The molecule has 1 heterocycles. The molecule has 3 rings (SSSR count). The molecule has 2 aliphatic rings. The van der Waals surface area contributed by atoms with Crippen LogP contribution in [0.25, 0.3) is 0 Å². The van der Waals surface area contributed by atoms with Crippen LogP contribution in [0.3, 0.4) is 0 Å². The Morgan fingerprint density at radius 2 is 1.72 bits per heavy atom. The Kier molecular flexibility index (Phi) is 6.08. The molecule has 0 aromatic heterocycles. The van der Waals surface area contributed by atoms with Crippen LogP contribution in [-0.4, -0.2) is 34.9 Å². The lowest BCUT2D eigenvalue weighted by molar-refractivity contribution is -0.142. The summed E-state index contributed by atoms with van der Waals surface area (Å²) in [6.45, 7) is 2.12. The molecule has 136 valence electrons. The third-order valence-electron chi connectivity index (χ3n) is 5.48. The predicted molar refractivity (Wildman–Crippen MR) is 95.5 cm³/mol. The van der Waals surface area contributed by atoms with Gasteiger partial charge < -0.3 is 15.3 Å². The first-order valence-electron chi connectivity index (χ1n) is 9.44. The fourth-order valence-corrected chi connectivity index (χ4v) is 4.07. The molecule has 1 saturated heterocycles. The van der Waals surface area contributed by atoms with Crippen LogP contribution in [0.15, 0.2) is 24.3 Å². The maximum atomic E-state index is 12.8. The van der Waals surface area contributed by atoms with Gasteiger partial charge in [-0.05, 0) is 36.8 Å². The van der Waals surface area contributed by atoms with Crippen molar-refractivity contribution in [2.75, 3.05) is 13.1 Å². The quantitative estimate of drug-likeness (QED) is 0.860. The molecule has 1 aromatic rings. The molecule has 1 aromatic carbocycles. The van der Waals surface area contributed by atoms with Gasteiger partial charge in [0.15, 0.2) is 0 Å². The molecule has 0 radical (unpaired) electrons. The summed E-state index contributed by atoms with van der Waals surface area (Å²) in [4.78, 5) is 27.5. The number of carbonyl (C=O) groups excluding carboxylic acids is 2. The highest BCUT2D eigenvalue weighted by Gasteiger charge is 2.38. The van der Waals surface area contributed by atoms with Crippen molar-refractivity contribution in [2.24, 2.45) is 11.8 Å². The Balaban J connectivity index is 1.61. The molecule has 2 atom stereocenters. The second kappa shape index (κ2) is 8.48. The van der Waals surface area contributed by atoms with Crippen LogP contribution in [0.1, 0.15) is 49.7 Å². The lowest BCUT2D eigenvalue weighted by Crippen LogP contribution is -2.44. The van der Waals surface area contributed by atoms with E-state index in [1.54, 1.807) is 0 Å². The van der Waals surface area contributed by atoms with Crippen molar-refractivity contribution in [1.29, 1.82) is 0 Å². The number of hydrogen-bond acceptors (Lipinski definition) is 3. The van der Waals surface area contributed by atoms with Crippen molar-refractivity contribution in [3.05, 3.63) is 35.4 Å². The average Bonchev–Trinajstić information content (AvgIpc) is 3.20. The van der Waals surface area contributed by atoms with E-state index in [9.17, 15) is 14.7 Å². The minimum atomic E-state index is -0.206. The Morgan fingerprint density at radius 1 is 1.04 bits per heavy atom. The number of benzene rings is 1. The molecule has 2 unspecified atom stereocenters. The van der Waals surface area contributed by atoms with Crippen LogP contribution >= 0.6 is 0 Å². The number of hydrogen-bond donors (Lipinski definition) is 2. The summed E-state index contributed by atoms with van der Waals surface area (Å²) in [5, 5.41) is 12.2. The molecule has 0 spiro atoms. The number of nitrogens with zero attached hydrogens (tertiary/aromatic N) is 1. The zero-order valence-corrected chi connectivity index (χ0v) is 14.7. The first-order valence-corrected chi connectivity index (χ1v) is 9.44. The van der Waals surface area contributed by atoms with Crippen LogP contribution < -0.4 is 5.32 Å². The van der Waals surface area contributed by atoms with Crippen LogP contribution in [-0.2, 0) is 22.7 Å². The maximum absolute atomic E-state index is 12.8. The highest BCUT2D eigenvalue weighted by atomic mass is 16.3. The SMILES string of the molecule is O=C(NCc1cccc(CO)c1)C1CCCCC1C(=O)N1CCCC1. The molecule has 0 bridgehead atoms. The summed E-state index contributed by atoms with van der Waals surface area (Å²) < 4.78 is 0. The van der Waals surface area contributed by atoms with Crippen molar-refractivity contribution >= 4 is 11.8 Å². The largest absolute Gasteiger partial charge is 0.392 e. The van der Waals surface area contributed by atoms with E-state index >= 15 is 0 Å². The molecule has 5 nitrogen and oxygen atoms in total. The standard InChI is InChI=1S/C20H28N2O3/c23-14-16-7-5-6-15(12-16)13-21-19(24)17-8-1-2-9-18(17)20(25)22-10-3-4-11-22/h5-7,12,17-18,23H,1-4,8-11,13-14H2,(H,21,24). The lowest BCUT2D eigenvalue weighted by atomic mass is 9.78. The van der Waals surface area contributed by atoms with Gasteiger partial charge in [-0.25, -0.2) is 0 Å². The molecule has 1 aliphatic carbocycles. The Morgan fingerprint density at radius 3 is 2.44 bits per heavy atom. The summed E-state index contributed by atoms with van der Waals surface area (Å²) in [6, 6.07) is 7.58. The summed E-state index contributed by atoms with van der Waals surface area (Å²) in [6.07, 6.45) is 5.83. The van der Waals surface area contributed by atoms with Gasteiger partial charge in [0.25, 0.3) is 0 Å². The van der Waals surface area contributed by atoms with E-state index in [0.29, 0.717) is 6.54 Å². The van der Waals surface area contributed by atoms with Crippen molar-refractivity contribution in [3.63, 3.8) is 0 Å². The molecular formula is C20H28N2O3. The van der Waals surface area contributed by atoms with Crippen molar-refractivity contribution in [3.8, 4) is 0 Å². The third-order valence-corrected chi connectivity index (χ3v) is 5.48. The fraction of sp³-hybridized carbons (Fsp3) is 0.600. The van der Waals surface area contributed by atoms with E-state index in [-0.39, 0.29) is 30.3 Å². The molecule has 2 N–H and O–H groups in total. The number of nitrogens with one attached hydrogen (secondary N) is 1. The second-order valence-corrected chi connectivity index (χ2v) is 7.23. The smallest absolute Gasteiger partial charge is 0.226 e. The topological polar surface area (TPSA) is 69.6 Å². The molecule has 1 saturated carbocycles. The van der Waals surface area contributed by atoms with E-state index < -0.39 is 0 Å². The molecule has 25 heavy (non-hydrogen) atoms. The van der Waals surface area contributed by atoms with E-state index in [1.807, 2.05) is 29.2 Å². The van der Waals surface area contributed by atoms with E-state index in [1.165, 1.54) is 0 Å². The molecule has 2 fully saturated rings. The zero-order valence-electron chi connectivity index (χ0n) is 14.7. The third kappa shape index (κ3) is 4.40.